The number of hydrogen-bond acceptors (Lipinski definition) is 4. The van der Waals surface area contributed by atoms with E-state index in [4.69, 9.17) is 0 Å². The number of imidazole rings is 1. The minimum absolute atomic E-state index is 0.0836. The molecule has 1 aromatic carbocycles. The number of hydrogen-bond donors (Lipinski definition) is 2. The van der Waals surface area contributed by atoms with Crippen molar-refractivity contribution >= 4 is 16.8 Å². The monoisotopic (exact) mass is 350 g/mol. The van der Waals surface area contributed by atoms with Crippen molar-refractivity contribution in [2.75, 3.05) is 19.6 Å². The standard InChI is InChI=1S/C19H22N6O/c1-24-9-6-20-18(24)13-2-3-14-15(10-13)22-23-17(14)19(26)21-16-11-25-7-4-12(16)5-8-25/h2-3,6,9-10,12,16H,4-5,7-8,11H2,1H3,(H,21,26)(H,22,23)/t16-/m0/s1. The lowest BCUT2D eigenvalue weighted by Crippen LogP contribution is -2.57. The van der Waals surface area contributed by atoms with Crippen LogP contribution in [0.15, 0.2) is 30.6 Å². The van der Waals surface area contributed by atoms with Gasteiger partial charge in [-0.1, -0.05) is 6.07 Å². The molecular weight excluding hydrogens is 328 g/mol. The number of piperidine rings is 3. The van der Waals surface area contributed by atoms with Crippen LogP contribution in [-0.2, 0) is 7.05 Å². The molecule has 1 atom stereocenters. The van der Waals surface area contributed by atoms with Crippen molar-refractivity contribution in [2.24, 2.45) is 13.0 Å². The zero-order valence-electron chi connectivity index (χ0n) is 14.8. The second-order valence-electron chi connectivity index (χ2n) is 7.41. The molecule has 0 spiro atoms. The number of amides is 1. The van der Waals surface area contributed by atoms with Crippen LogP contribution < -0.4 is 5.32 Å². The molecular formula is C19H22N6O. The third-order valence-corrected chi connectivity index (χ3v) is 5.83. The summed E-state index contributed by atoms with van der Waals surface area (Å²) < 4.78 is 1.97. The molecule has 0 unspecified atom stereocenters. The third kappa shape index (κ3) is 2.50. The predicted octanol–water partition coefficient (Wildman–Crippen LogP) is 1.79. The first-order valence-electron chi connectivity index (χ1n) is 9.18. The van der Waals surface area contributed by atoms with Crippen molar-refractivity contribution in [2.45, 2.75) is 18.9 Å². The van der Waals surface area contributed by atoms with Gasteiger partial charge in [-0.15, -0.1) is 0 Å². The van der Waals surface area contributed by atoms with Crippen molar-refractivity contribution in [3.8, 4) is 11.4 Å². The average Bonchev–Trinajstić information content (AvgIpc) is 3.28. The second kappa shape index (κ2) is 5.95. The van der Waals surface area contributed by atoms with Crippen molar-refractivity contribution in [1.29, 1.82) is 0 Å². The van der Waals surface area contributed by atoms with Crippen LogP contribution in [0.1, 0.15) is 23.3 Å². The number of fused-ring (bicyclic) bond motifs is 4. The molecule has 3 fully saturated rings. The van der Waals surface area contributed by atoms with E-state index < -0.39 is 0 Å². The zero-order chi connectivity index (χ0) is 17.7. The van der Waals surface area contributed by atoms with Gasteiger partial charge in [-0.2, -0.15) is 5.10 Å². The number of H-pyrrole nitrogens is 1. The van der Waals surface area contributed by atoms with Gasteiger partial charge >= 0.3 is 0 Å². The molecule has 0 radical (unpaired) electrons. The summed E-state index contributed by atoms with van der Waals surface area (Å²) in [4.78, 5) is 19.6. The molecule has 2 bridgehead atoms. The lowest BCUT2D eigenvalue weighted by molar-refractivity contribution is 0.0618. The molecule has 3 saturated heterocycles. The molecule has 0 aliphatic carbocycles. The fourth-order valence-corrected chi connectivity index (χ4v) is 4.34. The molecule has 6 rings (SSSR count). The highest BCUT2D eigenvalue weighted by atomic mass is 16.2. The largest absolute Gasteiger partial charge is 0.346 e. The predicted molar refractivity (Wildman–Crippen MR) is 98.7 cm³/mol. The highest BCUT2D eigenvalue weighted by Crippen LogP contribution is 2.28. The van der Waals surface area contributed by atoms with Crippen LogP contribution in [0.25, 0.3) is 22.3 Å². The fraction of sp³-hybridized carbons (Fsp3) is 0.421. The normalized spacial score (nSPS) is 24.9. The van der Waals surface area contributed by atoms with E-state index in [9.17, 15) is 4.79 Å². The molecule has 2 aromatic heterocycles. The summed E-state index contributed by atoms with van der Waals surface area (Å²) >= 11 is 0. The SMILES string of the molecule is Cn1ccnc1-c1ccc2c(C(=O)N[C@H]3CN4CCC3CC4)n[nH]c2c1. The number of nitrogens with one attached hydrogen (secondary N) is 2. The molecule has 1 amide bonds. The van der Waals surface area contributed by atoms with E-state index in [1.165, 1.54) is 25.9 Å². The third-order valence-electron chi connectivity index (χ3n) is 5.83. The van der Waals surface area contributed by atoms with Crippen LogP contribution in [-0.4, -0.2) is 56.2 Å². The molecule has 7 heteroatoms. The number of carbonyl (C=O) groups is 1. The Bertz CT molecular complexity index is 965. The van der Waals surface area contributed by atoms with Crippen molar-refractivity contribution in [1.82, 2.24) is 30.0 Å². The first-order chi connectivity index (χ1) is 12.7. The Morgan fingerprint density at radius 2 is 2.15 bits per heavy atom. The van der Waals surface area contributed by atoms with Crippen molar-refractivity contribution in [3.05, 3.63) is 36.3 Å². The van der Waals surface area contributed by atoms with Gasteiger partial charge in [0.2, 0.25) is 0 Å². The van der Waals surface area contributed by atoms with Crippen LogP contribution in [0.5, 0.6) is 0 Å². The summed E-state index contributed by atoms with van der Waals surface area (Å²) in [5, 5.41) is 11.4. The van der Waals surface area contributed by atoms with Gasteiger partial charge in [0, 0.05) is 43.0 Å². The number of carbonyl (C=O) groups excluding carboxylic acids is 1. The molecule has 3 aliphatic rings. The van der Waals surface area contributed by atoms with Crippen LogP contribution in [0, 0.1) is 5.92 Å². The van der Waals surface area contributed by atoms with Crippen molar-refractivity contribution < 1.29 is 4.79 Å². The maximum absolute atomic E-state index is 12.8. The second-order valence-corrected chi connectivity index (χ2v) is 7.41. The Balaban J connectivity index is 1.41. The number of benzene rings is 1. The van der Waals surface area contributed by atoms with Gasteiger partial charge in [0.1, 0.15) is 5.82 Å². The van der Waals surface area contributed by atoms with Gasteiger partial charge in [-0.25, -0.2) is 4.98 Å². The molecule has 2 N–H and O–H groups in total. The summed E-state index contributed by atoms with van der Waals surface area (Å²) in [6.07, 6.45) is 6.05. The van der Waals surface area contributed by atoms with E-state index in [0.29, 0.717) is 11.6 Å². The Labute approximate surface area is 151 Å². The number of rotatable bonds is 3. The summed E-state index contributed by atoms with van der Waals surface area (Å²) in [5.74, 6) is 1.41. The van der Waals surface area contributed by atoms with E-state index in [1.807, 2.05) is 36.0 Å². The highest BCUT2D eigenvalue weighted by Gasteiger charge is 2.35. The van der Waals surface area contributed by atoms with E-state index in [1.54, 1.807) is 6.20 Å². The molecule has 3 aliphatic heterocycles. The summed E-state index contributed by atoms with van der Waals surface area (Å²) in [6.45, 7) is 3.29. The smallest absolute Gasteiger partial charge is 0.272 e. The lowest BCUT2D eigenvalue weighted by atomic mass is 9.84. The minimum Gasteiger partial charge on any atom is -0.346 e. The number of aromatic nitrogens is 4. The molecule has 26 heavy (non-hydrogen) atoms. The van der Waals surface area contributed by atoms with Crippen LogP contribution in [0.4, 0.5) is 0 Å². The topological polar surface area (TPSA) is 78.8 Å². The van der Waals surface area contributed by atoms with E-state index in [2.05, 4.69) is 25.4 Å². The maximum Gasteiger partial charge on any atom is 0.272 e. The van der Waals surface area contributed by atoms with Gasteiger partial charge in [0.25, 0.3) is 5.91 Å². The van der Waals surface area contributed by atoms with Crippen LogP contribution >= 0.6 is 0 Å². The summed E-state index contributed by atoms with van der Waals surface area (Å²) in [5.41, 5.74) is 2.32. The van der Waals surface area contributed by atoms with Gasteiger partial charge < -0.3 is 14.8 Å². The quantitative estimate of drug-likeness (QED) is 0.755. The minimum atomic E-state index is -0.0836. The first kappa shape index (κ1) is 15.6. The summed E-state index contributed by atoms with van der Waals surface area (Å²) in [6, 6.07) is 6.18. The molecule has 3 aromatic rings. The molecule has 0 saturated carbocycles. The highest BCUT2D eigenvalue weighted by molar-refractivity contribution is 6.05. The van der Waals surface area contributed by atoms with E-state index in [-0.39, 0.29) is 11.9 Å². The van der Waals surface area contributed by atoms with Gasteiger partial charge in [0.15, 0.2) is 5.69 Å². The van der Waals surface area contributed by atoms with Crippen LogP contribution in [0.2, 0.25) is 0 Å². The van der Waals surface area contributed by atoms with Gasteiger partial charge in [-0.3, -0.25) is 9.89 Å². The number of nitrogens with zero attached hydrogens (tertiary/aromatic N) is 4. The van der Waals surface area contributed by atoms with E-state index >= 15 is 0 Å². The number of aryl methyl sites for hydroxylation is 1. The lowest BCUT2D eigenvalue weighted by Gasteiger charge is -2.44. The fourth-order valence-electron chi connectivity index (χ4n) is 4.34. The van der Waals surface area contributed by atoms with Gasteiger partial charge in [-0.05, 0) is 44.0 Å². The number of aromatic amines is 1. The van der Waals surface area contributed by atoms with Gasteiger partial charge in [0.05, 0.1) is 5.52 Å². The molecule has 5 heterocycles. The zero-order valence-corrected chi connectivity index (χ0v) is 14.8. The Morgan fingerprint density at radius 1 is 1.31 bits per heavy atom. The molecule has 134 valence electrons. The average molecular weight is 350 g/mol. The Morgan fingerprint density at radius 3 is 2.85 bits per heavy atom. The molecule has 7 nitrogen and oxygen atoms in total. The van der Waals surface area contributed by atoms with E-state index in [0.717, 1.165) is 28.8 Å². The Kier molecular flexibility index (Phi) is 3.56. The van der Waals surface area contributed by atoms with Crippen LogP contribution in [0.3, 0.4) is 0 Å². The Hall–Kier alpha value is -2.67. The van der Waals surface area contributed by atoms with Crippen molar-refractivity contribution in [3.63, 3.8) is 0 Å². The first-order valence-corrected chi connectivity index (χ1v) is 9.18. The summed E-state index contributed by atoms with van der Waals surface area (Å²) in [7, 11) is 1.96. The maximum atomic E-state index is 12.8.